The number of amides is 1. The van der Waals surface area contributed by atoms with E-state index < -0.39 is 5.97 Å². The van der Waals surface area contributed by atoms with Crippen LogP contribution >= 0.6 is 15.9 Å². The number of carboxylic acid groups (broad SMARTS) is 1. The Morgan fingerprint density at radius 1 is 1.30 bits per heavy atom. The highest BCUT2D eigenvalue weighted by Crippen LogP contribution is 2.20. The van der Waals surface area contributed by atoms with Crippen molar-refractivity contribution in [3.63, 3.8) is 0 Å². The van der Waals surface area contributed by atoms with E-state index in [1.807, 2.05) is 6.07 Å². The summed E-state index contributed by atoms with van der Waals surface area (Å²) in [5.74, 6) is -1.41. The number of halogens is 1. The minimum Gasteiger partial charge on any atom is -0.480 e. The molecular weight excluding hydrogens is 324 g/mol. The van der Waals surface area contributed by atoms with E-state index in [1.165, 1.54) is 4.90 Å². The predicted molar refractivity (Wildman–Crippen MR) is 78.9 cm³/mol. The Morgan fingerprint density at radius 3 is 2.45 bits per heavy atom. The lowest BCUT2D eigenvalue weighted by atomic mass is 10.2. The summed E-state index contributed by atoms with van der Waals surface area (Å²) in [5, 5.41) is 9.01. The Morgan fingerprint density at radius 2 is 1.95 bits per heavy atom. The first-order chi connectivity index (χ1) is 9.49. The maximum absolute atomic E-state index is 12.5. The Balaban J connectivity index is 2.39. The van der Waals surface area contributed by atoms with Gasteiger partial charge in [0.15, 0.2) is 0 Å². The third-order valence-corrected chi connectivity index (χ3v) is 3.23. The summed E-state index contributed by atoms with van der Waals surface area (Å²) in [6.07, 6.45) is 1.75. The first-order valence-electron chi connectivity index (χ1n) is 5.89. The van der Waals surface area contributed by atoms with Crippen LogP contribution in [0.3, 0.4) is 0 Å². The number of rotatable bonds is 4. The van der Waals surface area contributed by atoms with Gasteiger partial charge in [-0.25, -0.2) is 0 Å². The zero-order chi connectivity index (χ0) is 14.7. The zero-order valence-corrected chi connectivity index (χ0v) is 12.4. The highest BCUT2D eigenvalue weighted by molar-refractivity contribution is 9.10. The second-order valence-corrected chi connectivity index (χ2v) is 5.19. The molecular formula is C14H13BrN2O3. The van der Waals surface area contributed by atoms with Crippen LogP contribution in [-0.4, -0.2) is 28.1 Å². The van der Waals surface area contributed by atoms with Crippen LogP contribution in [0.4, 0.5) is 5.69 Å². The maximum Gasteiger partial charge on any atom is 0.323 e. The van der Waals surface area contributed by atoms with Crippen LogP contribution in [0.2, 0.25) is 0 Å². The van der Waals surface area contributed by atoms with E-state index in [-0.39, 0.29) is 12.5 Å². The molecule has 1 N–H and O–H groups in total. The monoisotopic (exact) mass is 336 g/mol. The van der Waals surface area contributed by atoms with Gasteiger partial charge in [-0.2, -0.15) is 0 Å². The number of anilines is 1. The number of carboxylic acids is 1. The number of hydrogen-bond donors (Lipinski definition) is 1. The largest absolute Gasteiger partial charge is 0.480 e. The number of aryl methyl sites for hydroxylation is 1. The van der Waals surface area contributed by atoms with Crippen LogP contribution in [0.25, 0.3) is 0 Å². The topological polar surface area (TPSA) is 62.5 Å². The molecule has 0 saturated carbocycles. The second-order valence-electron chi connectivity index (χ2n) is 4.28. The van der Waals surface area contributed by atoms with Gasteiger partial charge in [-0.3, -0.25) is 14.5 Å². The summed E-state index contributed by atoms with van der Waals surface area (Å²) in [6, 6.07) is 10.4. The van der Waals surface area contributed by atoms with Gasteiger partial charge in [0.2, 0.25) is 0 Å². The number of hydrogen-bond acceptors (Lipinski definition) is 2. The predicted octanol–water partition coefficient (Wildman–Crippen LogP) is 2.52. The number of para-hydroxylation sites is 1. The molecule has 0 fully saturated rings. The summed E-state index contributed by atoms with van der Waals surface area (Å²) in [6.45, 7) is -0.383. The van der Waals surface area contributed by atoms with E-state index in [4.69, 9.17) is 5.11 Å². The second kappa shape index (κ2) is 5.92. The Labute approximate surface area is 124 Å². The van der Waals surface area contributed by atoms with Gasteiger partial charge in [-0.1, -0.05) is 18.2 Å². The molecule has 0 unspecified atom stereocenters. The normalized spacial score (nSPS) is 10.3. The third-order valence-electron chi connectivity index (χ3n) is 2.80. The van der Waals surface area contributed by atoms with Gasteiger partial charge in [0.1, 0.15) is 12.2 Å². The van der Waals surface area contributed by atoms with Crippen molar-refractivity contribution >= 4 is 33.5 Å². The minimum absolute atomic E-state index is 0.355. The standard InChI is InChI=1S/C14H13BrN2O3/c1-16-8-10(15)7-12(16)14(20)17(9-13(18)19)11-5-3-2-4-6-11/h2-8H,9H2,1H3,(H,18,19). The molecule has 0 aliphatic rings. The van der Waals surface area contributed by atoms with E-state index >= 15 is 0 Å². The molecule has 1 heterocycles. The summed E-state index contributed by atoms with van der Waals surface area (Å²) in [5.41, 5.74) is 0.971. The zero-order valence-electron chi connectivity index (χ0n) is 10.8. The average molecular weight is 337 g/mol. The Kier molecular flexibility index (Phi) is 4.24. The van der Waals surface area contributed by atoms with Gasteiger partial charge in [0.05, 0.1) is 0 Å². The number of nitrogens with zero attached hydrogens (tertiary/aromatic N) is 2. The Bertz CT molecular complexity index is 637. The molecule has 2 aromatic rings. The minimum atomic E-state index is -1.06. The lowest BCUT2D eigenvalue weighted by Gasteiger charge is -2.21. The van der Waals surface area contributed by atoms with E-state index in [0.717, 1.165) is 4.47 Å². The van der Waals surface area contributed by atoms with Crippen LogP contribution in [0.1, 0.15) is 10.5 Å². The van der Waals surface area contributed by atoms with Crippen molar-refractivity contribution in [3.05, 3.63) is 52.8 Å². The van der Waals surface area contributed by atoms with Gasteiger partial charge in [0.25, 0.3) is 5.91 Å². The van der Waals surface area contributed by atoms with E-state index in [9.17, 15) is 9.59 Å². The fourth-order valence-electron chi connectivity index (χ4n) is 1.90. The number of benzene rings is 1. The molecule has 0 atom stereocenters. The molecule has 1 amide bonds. The molecule has 20 heavy (non-hydrogen) atoms. The van der Waals surface area contributed by atoms with Gasteiger partial charge in [0, 0.05) is 23.4 Å². The first kappa shape index (κ1) is 14.3. The average Bonchev–Trinajstić information content (AvgIpc) is 2.75. The highest BCUT2D eigenvalue weighted by atomic mass is 79.9. The summed E-state index contributed by atoms with van der Waals surface area (Å²) in [4.78, 5) is 24.8. The van der Waals surface area contributed by atoms with Crippen molar-refractivity contribution < 1.29 is 14.7 Å². The number of aromatic nitrogens is 1. The van der Waals surface area contributed by atoms with Crippen molar-refractivity contribution in [3.8, 4) is 0 Å². The number of aliphatic carboxylic acids is 1. The van der Waals surface area contributed by atoms with E-state index in [2.05, 4.69) is 15.9 Å². The summed E-state index contributed by atoms with van der Waals surface area (Å²) < 4.78 is 2.43. The SMILES string of the molecule is Cn1cc(Br)cc1C(=O)N(CC(=O)O)c1ccccc1. The number of carbonyl (C=O) groups excluding carboxylic acids is 1. The molecule has 0 bridgehead atoms. The van der Waals surface area contributed by atoms with E-state index in [1.54, 1.807) is 48.1 Å². The van der Waals surface area contributed by atoms with Crippen molar-refractivity contribution in [1.29, 1.82) is 0 Å². The molecule has 1 aromatic carbocycles. The highest BCUT2D eigenvalue weighted by Gasteiger charge is 2.22. The number of carbonyl (C=O) groups is 2. The first-order valence-corrected chi connectivity index (χ1v) is 6.69. The Hall–Kier alpha value is -2.08. The molecule has 0 aliphatic heterocycles. The van der Waals surface area contributed by atoms with Crippen molar-refractivity contribution in [2.24, 2.45) is 7.05 Å². The fraction of sp³-hybridized carbons (Fsp3) is 0.143. The summed E-state index contributed by atoms with van der Waals surface area (Å²) in [7, 11) is 1.74. The van der Waals surface area contributed by atoms with Crippen molar-refractivity contribution in [2.45, 2.75) is 0 Å². The van der Waals surface area contributed by atoms with Crippen LogP contribution in [0.5, 0.6) is 0 Å². The van der Waals surface area contributed by atoms with Crippen LogP contribution < -0.4 is 4.90 Å². The fourth-order valence-corrected chi connectivity index (χ4v) is 2.42. The van der Waals surface area contributed by atoms with Crippen LogP contribution in [0.15, 0.2) is 47.1 Å². The molecule has 0 aliphatic carbocycles. The van der Waals surface area contributed by atoms with Crippen LogP contribution in [0, 0.1) is 0 Å². The lowest BCUT2D eigenvalue weighted by Crippen LogP contribution is -2.36. The van der Waals surface area contributed by atoms with Crippen molar-refractivity contribution in [2.75, 3.05) is 11.4 Å². The lowest BCUT2D eigenvalue weighted by molar-refractivity contribution is -0.135. The molecule has 5 nitrogen and oxygen atoms in total. The molecule has 2 rings (SSSR count). The van der Waals surface area contributed by atoms with E-state index in [0.29, 0.717) is 11.4 Å². The smallest absolute Gasteiger partial charge is 0.323 e. The van der Waals surface area contributed by atoms with Gasteiger partial charge in [-0.15, -0.1) is 0 Å². The summed E-state index contributed by atoms with van der Waals surface area (Å²) >= 11 is 3.30. The molecule has 6 heteroatoms. The third kappa shape index (κ3) is 3.08. The van der Waals surface area contributed by atoms with Gasteiger partial charge >= 0.3 is 5.97 Å². The van der Waals surface area contributed by atoms with Gasteiger partial charge < -0.3 is 9.67 Å². The molecule has 1 aromatic heterocycles. The quantitative estimate of drug-likeness (QED) is 0.933. The molecule has 0 spiro atoms. The van der Waals surface area contributed by atoms with Crippen LogP contribution in [-0.2, 0) is 11.8 Å². The maximum atomic E-state index is 12.5. The molecule has 104 valence electrons. The molecule has 0 saturated heterocycles. The molecule has 0 radical (unpaired) electrons. The van der Waals surface area contributed by atoms with Crippen molar-refractivity contribution in [1.82, 2.24) is 4.57 Å². The van der Waals surface area contributed by atoms with Gasteiger partial charge in [-0.05, 0) is 34.1 Å².